The Balaban J connectivity index is 1.63. The van der Waals surface area contributed by atoms with E-state index < -0.39 is 33.9 Å². The maximum Gasteiger partial charge on any atom is 0.308 e. The number of fused-ring (bicyclic) bond motifs is 1. The number of ether oxygens (including phenoxy) is 3. The van der Waals surface area contributed by atoms with Gasteiger partial charge in [0.05, 0.1) is 25.3 Å². The van der Waals surface area contributed by atoms with Crippen molar-refractivity contribution in [3.8, 4) is 17.2 Å². The first kappa shape index (κ1) is 30.4. The highest BCUT2D eigenvalue weighted by atomic mass is 32.2. The third kappa shape index (κ3) is 6.64. The van der Waals surface area contributed by atoms with Gasteiger partial charge in [-0.25, -0.2) is 12.7 Å². The zero-order chi connectivity index (χ0) is 28.9. The van der Waals surface area contributed by atoms with Crippen LogP contribution in [-0.2, 0) is 19.6 Å². The number of methoxy groups -OCH3 is 1. The standard InChI is InChI=1S/C27H41N3O9S/c1-3-4-8-28(9-5-12-31)24(32)17-29-16-20(19-14-22(37-2)26-23(15-19)38-18-39-26)25(27(33)34)21(29)7-11-30-10-6-13-40(30,35)36/h14-15,20-21,25,31H,3-13,16-18H2,1-2H3,(H,33,34). The maximum atomic E-state index is 13.5. The van der Waals surface area contributed by atoms with Crippen molar-refractivity contribution in [2.45, 2.75) is 51.0 Å². The average Bonchev–Trinajstić information content (AvgIpc) is 3.63. The lowest BCUT2D eigenvalue weighted by atomic mass is 9.84. The quantitative estimate of drug-likeness (QED) is 0.329. The van der Waals surface area contributed by atoms with Crippen molar-refractivity contribution >= 4 is 21.9 Å². The fraction of sp³-hybridized carbons (Fsp3) is 0.704. The Labute approximate surface area is 235 Å². The third-order valence-corrected chi connectivity index (χ3v) is 10.0. The number of hydrogen-bond acceptors (Lipinski definition) is 9. The number of benzene rings is 1. The van der Waals surface area contributed by atoms with Crippen molar-refractivity contribution in [3.05, 3.63) is 17.7 Å². The molecule has 224 valence electrons. The number of unbranched alkanes of at least 4 members (excludes halogenated alkanes) is 1. The minimum Gasteiger partial charge on any atom is -0.493 e. The number of carbonyl (C=O) groups is 2. The van der Waals surface area contributed by atoms with Crippen LogP contribution in [0.15, 0.2) is 12.1 Å². The van der Waals surface area contributed by atoms with Crippen molar-refractivity contribution < 1.29 is 42.4 Å². The first-order valence-electron chi connectivity index (χ1n) is 14.0. The van der Waals surface area contributed by atoms with Gasteiger partial charge in [0.1, 0.15) is 0 Å². The zero-order valence-corrected chi connectivity index (χ0v) is 24.1. The molecule has 2 fully saturated rings. The molecule has 1 aromatic carbocycles. The molecule has 13 heteroatoms. The van der Waals surface area contributed by atoms with Gasteiger partial charge >= 0.3 is 5.97 Å². The Morgan fingerprint density at radius 1 is 1.20 bits per heavy atom. The molecule has 12 nitrogen and oxygen atoms in total. The minimum atomic E-state index is -3.35. The lowest BCUT2D eigenvalue weighted by Crippen LogP contribution is -2.46. The highest BCUT2D eigenvalue weighted by Gasteiger charge is 2.48. The van der Waals surface area contributed by atoms with E-state index >= 15 is 0 Å². The maximum absolute atomic E-state index is 13.5. The van der Waals surface area contributed by atoms with Gasteiger partial charge in [0, 0.05) is 51.3 Å². The van der Waals surface area contributed by atoms with Gasteiger partial charge in [-0.3, -0.25) is 14.5 Å². The summed E-state index contributed by atoms with van der Waals surface area (Å²) in [6.45, 7) is 3.95. The number of rotatable bonds is 14. The molecular weight excluding hydrogens is 542 g/mol. The summed E-state index contributed by atoms with van der Waals surface area (Å²) in [5, 5.41) is 19.8. The summed E-state index contributed by atoms with van der Waals surface area (Å²) >= 11 is 0. The number of aliphatic carboxylic acids is 1. The second-order valence-corrected chi connectivity index (χ2v) is 12.7. The van der Waals surface area contributed by atoms with Gasteiger partial charge in [-0.2, -0.15) is 0 Å². The average molecular weight is 584 g/mol. The largest absolute Gasteiger partial charge is 0.493 e. The molecule has 0 bridgehead atoms. The number of carboxylic acids is 1. The van der Waals surface area contributed by atoms with Crippen LogP contribution in [0.1, 0.15) is 50.5 Å². The van der Waals surface area contributed by atoms with Gasteiger partial charge < -0.3 is 29.3 Å². The van der Waals surface area contributed by atoms with Gasteiger partial charge in [-0.1, -0.05) is 13.3 Å². The molecule has 3 atom stereocenters. The van der Waals surface area contributed by atoms with E-state index in [0.29, 0.717) is 61.8 Å². The number of hydrogen-bond donors (Lipinski definition) is 2. The van der Waals surface area contributed by atoms with Gasteiger partial charge in [0.15, 0.2) is 11.5 Å². The summed E-state index contributed by atoms with van der Waals surface area (Å²) < 4.78 is 43.0. The van der Waals surface area contributed by atoms with E-state index in [1.165, 1.54) is 11.4 Å². The van der Waals surface area contributed by atoms with E-state index in [-0.39, 0.29) is 44.6 Å². The smallest absolute Gasteiger partial charge is 0.308 e. The van der Waals surface area contributed by atoms with Crippen molar-refractivity contribution in [1.82, 2.24) is 14.1 Å². The summed E-state index contributed by atoms with van der Waals surface area (Å²) in [4.78, 5) is 29.9. The Bertz CT molecular complexity index is 1150. The van der Waals surface area contributed by atoms with E-state index in [0.717, 1.165) is 12.8 Å². The number of amides is 1. The van der Waals surface area contributed by atoms with Gasteiger partial charge in [-0.05, 0) is 43.4 Å². The van der Waals surface area contributed by atoms with E-state index in [4.69, 9.17) is 14.2 Å². The molecule has 3 unspecified atom stereocenters. The van der Waals surface area contributed by atoms with Crippen LogP contribution in [0.2, 0.25) is 0 Å². The predicted octanol–water partition coefficient (Wildman–Crippen LogP) is 1.33. The third-order valence-electron chi connectivity index (χ3n) is 8.08. The normalized spacial score (nSPS) is 23.9. The van der Waals surface area contributed by atoms with Crippen LogP contribution in [0.4, 0.5) is 0 Å². The minimum absolute atomic E-state index is 0.00846. The molecule has 0 aromatic heterocycles. The van der Waals surface area contributed by atoms with Crippen molar-refractivity contribution in [2.24, 2.45) is 5.92 Å². The van der Waals surface area contributed by atoms with E-state index in [2.05, 4.69) is 0 Å². The molecular formula is C27H41N3O9S. The fourth-order valence-corrected chi connectivity index (χ4v) is 7.56. The van der Waals surface area contributed by atoms with Crippen molar-refractivity contribution in [2.75, 3.05) is 65.5 Å². The highest BCUT2D eigenvalue weighted by molar-refractivity contribution is 7.89. The van der Waals surface area contributed by atoms with Gasteiger partial charge in [0.2, 0.25) is 28.5 Å². The Hall–Kier alpha value is -2.61. The zero-order valence-electron chi connectivity index (χ0n) is 23.3. The molecule has 3 aliphatic heterocycles. The summed E-state index contributed by atoms with van der Waals surface area (Å²) in [5.41, 5.74) is 0.699. The molecule has 0 saturated carbocycles. The Kier molecular flexibility index (Phi) is 10.1. The van der Waals surface area contributed by atoms with Crippen LogP contribution in [-0.4, -0.2) is 116 Å². The van der Waals surface area contributed by atoms with Crippen LogP contribution < -0.4 is 14.2 Å². The van der Waals surface area contributed by atoms with Crippen LogP contribution in [0.5, 0.6) is 17.2 Å². The molecule has 2 N–H and O–H groups in total. The number of sulfonamides is 1. The number of aliphatic hydroxyl groups is 1. The van der Waals surface area contributed by atoms with Crippen LogP contribution >= 0.6 is 0 Å². The monoisotopic (exact) mass is 583 g/mol. The topological polar surface area (TPSA) is 146 Å². The summed E-state index contributed by atoms with van der Waals surface area (Å²) in [6.07, 6.45) is 3.03. The lowest BCUT2D eigenvalue weighted by molar-refractivity contribution is -0.144. The van der Waals surface area contributed by atoms with Crippen molar-refractivity contribution in [3.63, 3.8) is 0 Å². The summed E-state index contributed by atoms with van der Waals surface area (Å²) in [6, 6.07) is 2.97. The predicted molar refractivity (Wildman–Crippen MR) is 146 cm³/mol. The molecule has 4 rings (SSSR count). The van der Waals surface area contributed by atoms with Crippen molar-refractivity contribution in [1.29, 1.82) is 0 Å². The van der Waals surface area contributed by atoms with E-state index in [9.17, 15) is 28.2 Å². The molecule has 0 spiro atoms. The van der Waals surface area contributed by atoms with Crippen LogP contribution in [0.3, 0.4) is 0 Å². The van der Waals surface area contributed by atoms with Crippen LogP contribution in [0, 0.1) is 5.92 Å². The first-order chi connectivity index (χ1) is 19.2. The highest BCUT2D eigenvalue weighted by Crippen LogP contribution is 2.47. The van der Waals surface area contributed by atoms with E-state index in [1.54, 1.807) is 17.0 Å². The molecule has 3 heterocycles. The summed E-state index contributed by atoms with van der Waals surface area (Å²) in [7, 11) is -1.85. The molecule has 0 radical (unpaired) electrons. The lowest BCUT2D eigenvalue weighted by Gasteiger charge is -2.30. The molecule has 1 amide bonds. The Morgan fingerprint density at radius 3 is 2.62 bits per heavy atom. The number of carboxylic acid groups (broad SMARTS) is 1. The number of carbonyl (C=O) groups excluding carboxylic acids is 1. The van der Waals surface area contributed by atoms with Crippen LogP contribution in [0.25, 0.3) is 0 Å². The number of aliphatic hydroxyl groups excluding tert-OH is 1. The second-order valence-electron chi connectivity index (χ2n) is 10.6. The summed E-state index contributed by atoms with van der Waals surface area (Å²) in [5.74, 6) is -1.03. The van der Waals surface area contributed by atoms with E-state index in [1.807, 2.05) is 11.8 Å². The van der Waals surface area contributed by atoms with Gasteiger partial charge in [-0.15, -0.1) is 0 Å². The molecule has 0 aliphatic carbocycles. The Morgan fingerprint density at radius 2 is 1.98 bits per heavy atom. The fourth-order valence-electron chi connectivity index (χ4n) is 6.02. The molecule has 3 aliphatic rings. The number of nitrogens with zero attached hydrogens (tertiary/aromatic N) is 3. The number of likely N-dealkylation sites (tertiary alicyclic amines) is 1. The second kappa shape index (κ2) is 13.4. The molecule has 2 saturated heterocycles. The van der Waals surface area contributed by atoms with Gasteiger partial charge in [0.25, 0.3) is 0 Å². The SMILES string of the molecule is CCCCN(CCCO)C(=O)CN1CC(c2cc(OC)c3c(c2)OCO3)C(C(=O)O)C1CCN1CCCS1(=O)=O. The molecule has 40 heavy (non-hydrogen) atoms. The molecule has 1 aromatic rings. The first-order valence-corrected chi connectivity index (χ1v) is 15.6.